The van der Waals surface area contributed by atoms with Crippen LogP contribution in [0.5, 0.6) is 0 Å². The van der Waals surface area contributed by atoms with Crippen molar-refractivity contribution in [1.29, 1.82) is 0 Å². The summed E-state index contributed by atoms with van der Waals surface area (Å²) in [5.74, 6) is -2.15. The van der Waals surface area contributed by atoms with Gasteiger partial charge in [-0.2, -0.15) is 13.2 Å². The van der Waals surface area contributed by atoms with E-state index in [2.05, 4.69) is 15.3 Å². The molecule has 2 aromatic heterocycles. The number of aromatic amines is 1. The van der Waals surface area contributed by atoms with Crippen molar-refractivity contribution in [3.63, 3.8) is 0 Å². The predicted molar refractivity (Wildman–Crippen MR) is 71.5 cm³/mol. The Hall–Kier alpha value is -2.49. The quantitative estimate of drug-likeness (QED) is 0.722. The van der Waals surface area contributed by atoms with Crippen molar-refractivity contribution >= 4 is 22.8 Å². The van der Waals surface area contributed by atoms with E-state index in [4.69, 9.17) is 11.6 Å². The summed E-state index contributed by atoms with van der Waals surface area (Å²) >= 11 is 5.86. The highest BCUT2D eigenvalue weighted by atomic mass is 35.5. The highest BCUT2D eigenvalue weighted by molar-refractivity contribution is 6.31. The van der Waals surface area contributed by atoms with Gasteiger partial charge in [0.05, 0.1) is 6.54 Å². The molecule has 0 unspecified atom stereocenters. The number of nitrogens with zero attached hydrogens (tertiary/aromatic N) is 4. The maximum absolute atomic E-state index is 13.8. The second-order valence-electron chi connectivity index (χ2n) is 4.53. The lowest BCUT2D eigenvalue weighted by Gasteiger charge is -2.07. The van der Waals surface area contributed by atoms with Crippen molar-refractivity contribution in [3.8, 4) is 0 Å². The lowest BCUT2D eigenvalue weighted by Crippen LogP contribution is -2.20. The molecule has 2 heterocycles. The molecular formula is C12H6ClF4N5O. The van der Waals surface area contributed by atoms with Gasteiger partial charge in [-0.3, -0.25) is 4.79 Å². The summed E-state index contributed by atoms with van der Waals surface area (Å²) in [7, 11) is 0. The highest BCUT2D eigenvalue weighted by Gasteiger charge is 2.35. The molecule has 3 aromatic rings. The monoisotopic (exact) mass is 347 g/mol. The van der Waals surface area contributed by atoms with E-state index in [-0.39, 0.29) is 22.6 Å². The van der Waals surface area contributed by atoms with E-state index < -0.39 is 29.0 Å². The van der Waals surface area contributed by atoms with Gasteiger partial charge >= 0.3 is 6.18 Å². The molecule has 120 valence electrons. The Kier molecular flexibility index (Phi) is 3.55. The maximum atomic E-state index is 13.8. The number of alkyl halides is 3. The van der Waals surface area contributed by atoms with Crippen molar-refractivity contribution in [2.45, 2.75) is 12.7 Å². The summed E-state index contributed by atoms with van der Waals surface area (Å²) in [5.41, 5.74) is -1.89. The number of fused-ring (bicyclic) bond motifs is 1. The number of benzene rings is 1. The summed E-state index contributed by atoms with van der Waals surface area (Å²) in [4.78, 5) is 16.5. The summed E-state index contributed by atoms with van der Waals surface area (Å²) in [5, 5.41) is 7.08. The first-order chi connectivity index (χ1) is 10.8. The first-order valence-corrected chi connectivity index (χ1v) is 6.49. The predicted octanol–water partition coefficient (Wildman–Crippen LogP) is 2.37. The zero-order chi connectivity index (χ0) is 16.8. The van der Waals surface area contributed by atoms with Crippen molar-refractivity contribution in [2.75, 3.05) is 0 Å². The van der Waals surface area contributed by atoms with E-state index >= 15 is 0 Å². The molecule has 0 fully saturated rings. The Morgan fingerprint density at radius 2 is 2.04 bits per heavy atom. The standard InChI is InChI=1S/C12H6ClF4N5O/c13-6-2-1-3-7(14)5(6)4-22-9-8(20-21-22)10(23)19-11(18-9)12(15,16)17/h1-3H,4H2,(H,18,19,23). The van der Waals surface area contributed by atoms with Crippen LogP contribution in [0.25, 0.3) is 11.2 Å². The fourth-order valence-corrected chi connectivity index (χ4v) is 2.16. The van der Waals surface area contributed by atoms with Gasteiger partial charge in [-0.1, -0.05) is 22.9 Å². The van der Waals surface area contributed by atoms with E-state index in [1.807, 2.05) is 0 Å². The maximum Gasteiger partial charge on any atom is 0.449 e. The van der Waals surface area contributed by atoms with Crippen LogP contribution in [0, 0.1) is 5.82 Å². The Bertz CT molecular complexity index is 929. The fraction of sp³-hybridized carbons (Fsp3) is 0.167. The molecule has 1 aromatic carbocycles. The molecule has 3 rings (SSSR count). The zero-order valence-electron chi connectivity index (χ0n) is 11.0. The molecule has 0 bridgehead atoms. The van der Waals surface area contributed by atoms with Crippen LogP contribution in [-0.4, -0.2) is 25.0 Å². The normalized spacial score (nSPS) is 12.0. The van der Waals surface area contributed by atoms with Crippen LogP contribution >= 0.6 is 11.6 Å². The lowest BCUT2D eigenvalue weighted by molar-refractivity contribution is -0.144. The second kappa shape index (κ2) is 5.30. The number of hydrogen-bond donors (Lipinski definition) is 1. The van der Waals surface area contributed by atoms with Crippen LogP contribution in [0.1, 0.15) is 11.4 Å². The summed E-state index contributed by atoms with van der Waals surface area (Å²) in [6.07, 6.45) is -4.85. The summed E-state index contributed by atoms with van der Waals surface area (Å²) in [6.45, 7) is -0.324. The average molecular weight is 348 g/mol. The molecule has 0 amide bonds. The van der Waals surface area contributed by atoms with Gasteiger partial charge in [0.15, 0.2) is 11.2 Å². The first kappa shape index (κ1) is 15.4. The van der Waals surface area contributed by atoms with Crippen LogP contribution < -0.4 is 5.56 Å². The molecule has 0 aliphatic rings. The minimum absolute atomic E-state index is 0.00314. The Labute approximate surface area is 129 Å². The Morgan fingerprint density at radius 3 is 2.70 bits per heavy atom. The molecule has 23 heavy (non-hydrogen) atoms. The van der Waals surface area contributed by atoms with E-state index in [0.717, 1.165) is 10.7 Å². The topological polar surface area (TPSA) is 76.5 Å². The fourth-order valence-electron chi connectivity index (χ4n) is 1.94. The minimum atomic E-state index is -4.85. The smallest absolute Gasteiger partial charge is 0.301 e. The molecule has 6 nitrogen and oxygen atoms in total. The van der Waals surface area contributed by atoms with Crippen LogP contribution in [0.4, 0.5) is 17.6 Å². The summed E-state index contributed by atoms with van der Waals surface area (Å²) in [6, 6.07) is 3.94. The van der Waals surface area contributed by atoms with Gasteiger partial charge in [0.1, 0.15) is 5.82 Å². The average Bonchev–Trinajstić information content (AvgIpc) is 2.86. The largest absolute Gasteiger partial charge is 0.449 e. The lowest BCUT2D eigenvalue weighted by atomic mass is 10.2. The molecule has 0 saturated carbocycles. The number of nitrogens with one attached hydrogen (secondary N) is 1. The van der Waals surface area contributed by atoms with E-state index in [0.29, 0.717) is 0 Å². The molecule has 0 aliphatic carbocycles. The molecule has 11 heteroatoms. The third-order valence-corrected chi connectivity index (χ3v) is 3.37. The summed E-state index contributed by atoms with van der Waals surface area (Å²) < 4.78 is 52.8. The number of halogens is 5. The van der Waals surface area contributed by atoms with Crippen LogP contribution in [0.2, 0.25) is 5.02 Å². The third kappa shape index (κ3) is 2.77. The van der Waals surface area contributed by atoms with Crippen LogP contribution in [-0.2, 0) is 12.7 Å². The number of hydrogen-bond acceptors (Lipinski definition) is 4. The molecular weight excluding hydrogens is 342 g/mol. The van der Waals surface area contributed by atoms with Gasteiger partial charge in [-0.05, 0) is 12.1 Å². The van der Waals surface area contributed by atoms with Crippen molar-refractivity contribution in [2.24, 2.45) is 0 Å². The molecule has 0 atom stereocenters. The van der Waals surface area contributed by atoms with E-state index in [1.54, 1.807) is 4.98 Å². The van der Waals surface area contributed by atoms with Gasteiger partial charge in [0, 0.05) is 10.6 Å². The molecule has 0 radical (unpaired) electrons. The number of H-pyrrole nitrogens is 1. The highest BCUT2D eigenvalue weighted by Crippen LogP contribution is 2.26. The van der Waals surface area contributed by atoms with Crippen LogP contribution in [0.15, 0.2) is 23.0 Å². The Morgan fingerprint density at radius 1 is 1.30 bits per heavy atom. The van der Waals surface area contributed by atoms with Gasteiger partial charge in [-0.25, -0.2) is 14.1 Å². The number of aromatic nitrogens is 5. The van der Waals surface area contributed by atoms with Gasteiger partial charge in [0.2, 0.25) is 5.82 Å². The molecule has 0 spiro atoms. The molecule has 0 aliphatic heterocycles. The van der Waals surface area contributed by atoms with E-state index in [1.165, 1.54) is 12.1 Å². The third-order valence-electron chi connectivity index (χ3n) is 3.01. The number of rotatable bonds is 2. The van der Waals surface area contributed by atoms with Gasteiger partial charge < -0.3 is 4.98 Å². The van der Waals surface area contributed by atoms with Crippen molar-refractivity contribution < 1.29 is 17.6 Å². The van der Waals surface area contributed by atoms with Crippen LogP contribution in [0.3, 0.4) is 0 Å². The van der Waals surface area contributed by atoms with E-state index in [9.17, 15) is 22.4 Å². The SMILES string of the molecule is O=c1[nH]c(C(F)(F)F)nc2c1nnn2Cc1c(F)cccc1Cl. The van der Waals surface area contributed by atoms with Gasteiger partial charge in [-0.15, -0.1) is 5.10 Å². The molecule has 0 saturated heterocycles. The second-order valence-corrected chi connectivity index (χ2v) is 4.94. The van der Waals surface area contributed by atoms with Gasteiger partial charge in [0.25, 0.3) is 5.56 Å². The minimum Gasteiger partial charge on any atom is -0.301 e. The van der Waals surface area contributed by atoms with Crippen molar-refractivity contribution in [1.82, 2.24) is 25.0 Å². The van der Waals surface area contributed by atoms with Crippen molar-refractivity contribution in [3.05, 3.63) is 50.8 Å². The Balaban J connectivity index is 2.16. The zero-order valence-corrected chi connectivity index (χ0v) is 11.8. The molecule has 1 N–H and O–H groups in total. The first-order valence-electron chi connectivity index (χ1n) is 6.11.